The topological polar surface area (TPSA) is 56.3 Å². The molecule has 1 saturated heterocycles. The maximum atomic E-state index is 5.84. The quantitative estimate of drug-likeness (QED) is 0.339. The first-order valence-electron chi connectivity index (χ1n) is 15.1. The predicted octanol–water partition coefficient (Wildman–Crippen LogP) is 6.46. The first-order chi connectivity index (χ1) is 19.6. The Hall–Kier alpha value is -3.19. The number of anilines is 3. The van der Waals surface area contributed by atoms with Gasteiger partial charge >= 0.3 is 0 Å². The number of piperidine rings is 1. The zero-order valence-electron chi connectivity index (χ0n) is 23.7. The van der Waals surface area contributed by atoms with Crippen molar-refractivity contribution >= 4 is 34.9 Å². The van der Waals surface area contributed by atoms with Crippen LogP contribution in [0.5, 0.6) is 0 Å². The first-order valence-corrected chi connectivity index (χ1v) is 15.5. The normalized spacial score (nSPS) is 20.5. The van der Waals surface area contributed by atoms with Gasteiger partial charge in [-0.3, -0.25) is 0 Å². The molecule has 3 aromatic rings. The average molecular weight is 555 g/mol. The molecule has 0 unspecified atom stereocenters. The van der Waals surface area contributed by atoms with Gasteiger partial charge < -0.3 is 20.4 Å². The Morgan fingerprint density at radius 3 is 2.40 bits per heavy atom. The lowest BCUT2D eigenvalue weighted by atomic mass is 9.69. The Bertz CT molecular complexity index is 1310. The molecule has 2 aliphatic heterocycles. The van der Waals surface area contributed by atoms with Crippen molar-refractivity contribution in [3.05, 3.63) is 77.4 Å². The molecule has 3 aliphatic rings. The van der Waals surface area contributed by atoms with Gasteiger partial charge in [0.05, 0.1) is 0 Å². The largest absolute Gasteiger partial charge is 0.361 e. The van der Waals surface area contributed by atoms with Crippen molar-refractivity contribution in [2.24, 2.45) is 5.92 Å². The fourth-order valence-corrected chi connectivity index (χ4v) is 7.04. The van der Waals surface area contributed by atoms with E-state index in [2.05, 4.69) is 88.0 Å². The van der Waals surface area contributed by atoms with Crippen LogP contribution in [0.4, 0.5) is 17.6 Å². The molecule has 0 spiro atoms. The van der Waals surface area contributed by atoms with Gasteiger partial charge in [-0.2, -0.15) is 9.97 Å². The third-order valence-electron chi connectivity index (χ3n) is 9.14. The molecule has 1 aromatic heterocycles. The van der Waals surface area contributed by atoms with Crippen molar-refractivity contribution in [1.29, 1.82) is 0 Å². The van der Waals surface area contributed by atoms with E-state index in [1.807, 2.05) is 0 Å². The lowest BCUT2D eigenvalue weighted by Crippen LogP contribution is -2.43. The third kappa shape index (κ3) is 6.09. The van der Waals surface area contributed by atoms with Crippen LogP contribution in [-0.4, -0.2) is 41.3 Å². The molecule has 40 heavy (non-hydrogen) atoms. The van der Waals surface area contributed by atoms with Crippen LogP contribution >= 0.6 is 12.2 Å². The lowest BCUT2D eigenvalue weighted by molar-refractivity contribution is 0.292. The standard InChI is InChI=1S/C33H42N6S/c1-25-11-10-19-38(22-25)29-21-30(39-20-16-26-12-6-7-13-27(26)23-39)36-31(35-29)37-32(40)34-24-33(17-8-3-9-18-33)28-14-4-2-5-15-28/h2,4-7,12-15,21,25H,3,8-11,16-20,22-24H2,1H3,(H2,34,35,36,37,40)/t25-/m0/s1. The summed E-state index contributed by atoms with van der Waals surface area (Å²) in [6.07, 6.45) is 9.72. The number of benzene rings is 2. The van der Waals surface area contributed by atoms with E-state index in [1.54, 1.807) is 0 Å². The maximum Gasteiger partial charge on any atom is 0.232 e. The molecule has 2 N–H and O–H groups in total. The van der Waals surface area contributed by atoms with Gasteiger partial charge in [-0.05, 0) is 66.9 Å². The van der Waals surface area contributed by atoms with Crippen LogP contribution in [0.3, 0.4) is 0 Å². The summed E-state index contributed by atoms with van der Waals surface area (Å²) in [7, 11) is 0. The fourth-order valence-electron chi connectivity index (χ4n) is 6.87. The van der Waals surface area contributed by atoms with Gasteiger partial charge in [0.2, 0.25) is 5.95 Å². The third-order valence-corrected chi connectivity index (χ3v) is 9.39. The average Bonchev–Trinajstić information content (AvgIpc) is 3.00. The number of thiocarbonyl (C=S) groups is 1. The molecule has 1 saturated carbocycles. The monoisotopic (exact) mass is 554 g/mol. The van der Waals surface area contributed by atoms with Crippen molar-refractivity contribution in [3.8, 4) is 0 Å². The van der Waals surface area contributed by atoms with E-state index >= 15 is 0 Å². The molecule has 2 aromatic carbocycles. The molecular weight excluding hydrogens is 512 g/mol. The van der Waals surface area contributed by atoms with E-state index in [4.69, 9.17) is 22.2 Å². The molecule has 6 nitrogen and oxygen atoms in total. The highest BCUT2D eigenvalue weighted by atomic mass is 32.1. The Morgan fingerprint density at radius 2 is 1.62 bits per heavy atom. The molecule has 2 fully saturated rings. The Kier molecular flexibility index (Phi) is 8.19. The summed E-state index contributed by atoms with van der Waals surface area (Å²) >= 11 is 5.84. The minimum atomic E-state index is 0.115. The molecule has 210 valence electrons. The molecular formula is C33H42N6S. The first kappa shape index (κ1) is 27.0. The lowest BCUT2D eigenvalue weighted by Gasteiger charge is -2.38. The van der Waals surface area contributed by atoms with E-state index in [0.717, 1.165) is 50.8 Å². The number of hydrogen-bond donors (Lipinski definition) is 2. The van der Waals surface area contributed by atoms with E-state index in [0.29, 0.717) is 17.0 Å². The second kappa shape index (κ2) is 12.1. The number of nitrogens with zero attached hydrogens (tertiary/aromatic N) is 4. The summed E-state index contributed by atoms with van der Waals surface area (Å²) in [5, 5.41) is 7.55. The van der Waals surface area contributed by atoms with Crippen LogP contribution in [0.1, 0.15) is 68.6 Å². The van der Waals surface area contributed by atoms with E-state index < -0.39 is 0 Å². The van der Waals surface area contributed by atoms with Gasteiger partial charge in [0, 0.05) is 44.2 Å². The summed E-state index contributed by atoms with van der Waals surface area (Å²) in [6.45, 7) is 7.03. The smallest absolute Gasteiger partial charge is 0.232 e. The minimum absolute atomic E-state index is 0.115. The van der Waals surface area contributed by atoms with Crippen molar-refractivity contribution in [2.45, 2.75) is 70.3 Å². The Morgan fingerprint density at radius 1 is 0.900 bits per heavy atom. The van der Waals surface area contributed by atoms with Gasteiger partial charge in [-0.15, -0.1) is 0 Å². The molecule has 1 aliphatic carbocycles. The number of aromatic nitrogens is 2. The van der Waals surface area contributed by atoms with Crippen LogP contribution in [-0.2, 0) is 18.4 Å². The van der Waals surface area contributed by atoms with E-state index in [-0.39, 0.29) is 5.41 Å². The zero-order valence-corrected chi connectivity index (χ0v) is 24.6. The second-order valence-corrected chi connectivity index (χ2v) is 12.5. The highest BCUT2D eigenvalue weighted by molar-refractivity contribution is 7.80. The highest BCUT2D eigenvalue weighted by Crippen LogP contribution is 2.39. The van der Waals surface area contributed by atoms with Gasteiger partial charge in [0.25, 0.3) is 0 Å². The Labute approximate surface area is 244 Å². The van der Waals surface area contributed by atoms with Crippen molar-refractivity contribution in [3.63, 3.8) is 0 Å². The van der Waals surface area contributed by atoms with Crippen molar-refractivity contribution in [2.75, 3.05) is 41.3 Å². The fraction of sp³-hybridized carbons (Fsp3) is 0.485. The van der Waals surface area contributed by atoms with Gasteiger partial charge in [-0.25, -0.2) is 0 Å². The summed E-state index contributed by atoms with van der Waals surface area (Å²) in [4.78, 5) is 14.8. The second-order valence-electron chi connectivity index (χ2n) is 12.1. The molecule has 0 amide bonds. The van der Waals surface area contributed by atoms with Gasteiger partial charge in [0.1, 0.15) is 11.6 Å². The highest BCUT2D eigenvalue weighted by Gasteiger charge is 2.34. The summed E-state index contributed by atoms with van der Waals surface area (Å²) < 4.78 is 0. The number of fused-ring (bicyclic) bond motifs is 1. The SMILES string of the molecule is C[C@H]1CCCN(c2cc(N3CCc4ccccc4C3)nc(NC(=S)NCC3(c4ccccc4)CCCCC3)n2)C1. The van der Waals surface area contributed by atoms with Crippen molar-refractivity contribution in [1.82, 2.24) is 15.3 Å². The summed E-state index contributed by atoms with van der Waals surface area (Å²) in [5.41, 5.74) is 4.35. The van der Waals surface area contributed by atoms with Crippen LogP contribution in [0.15, 0.2) is 60.7 Å². The molecule has 1 atom stereocenters. The molecule has 6 rings (SSSR count). The van der Waals surface area contributed by atoms with Gasteiger partial charge in [0.15, 0.2) is 5.11 Å². The van der Waals surface area contributed by atoms with Crippen LogP contribution in [0.2, 0.25) is 0 Å². The minimum Gasteiger partial charge on any atom is -0.361 e. The predicted molar refractivity (Wildman–Crippen MR) is 169 cm³/mol. The van der Waals surface area contributed by atoms with E-state index in [1.165, 1.54) is 61.6 Å². The molecule has 7 heteroatoms. The maximum absolute atomic E-state index is 5.84. The summed E-state index contributed by atoms with van der Waals surface area (Å²) in [5.74, 6) is 3.21. The molecule has 0 radical (unpaired) electrons. The molecule has 0 bridgehead atoms. The zero-order chi connectivity index (χ0) is 27.4. The van der Waals surface area contributed by atoms with Gasteiger partial charge in [-0.1, -0.05) is 80.8 Å². The van der Waals surface area contributed by atoms with E-state index in [9.17, 15) is 0 Å². The number of nitrogens with one attached hydrogen (secondary N) is 2. The summed E-state index contributed by atoms with van der Waals surface area (Å²) in [6, 6.07) is 21.9. The molecule has 3 heterocycles. The Balaban J connectivity index is 1.21. The number of hydrogen-bond acceptors (Lipinski definition) is 5. The number of rotatable bonds is 6. The van der Waals surface area contributed by atoms with Crippen LogP contribution < -0.4 is 20.4 Å². The van der Waals surface area contributed by atoms with Crippen LogP contribution in [0, 0.1) is 5.92 Å². The van der Waals surface area contributed by atoms with Crippen molar-refractivity contribution < 1.29 is 0 Å². The van der Waals surface area contributed by atoms with Crippen LogP contribution in [0.25, 0.3) is 0 Å².